The number of carbonyl (C=O) groups excluding carboxylic acids is 2. The summed E-state index contributed by atoms with van der Waals surface area (Å²) in [4.78, 5) is 32.2. The minimum Gasteiger partial charge on any atom is -0.465 e. The molecule has 0 fully saturated rings. The summed E-state index contributed by atoms with van der Waals surface area (Å²) in [6, 6.07) is 12.3. The molecule has 27 heavy (non-hydrogen) atoms. The average molecular weight is 366 g/mol. The fraction of sp³-hybridized carbons (Fsp3) is 0.0526. The van der Waals surface area contributed by atoms with Gasteiger partial charge in [-0.05, 0) is 30.3 Å². The molecule has 0 saturated heterocycles. The first-order valence-corrected chi connectivity index (χ1v) is 7.90. The van der Waals surface area contributed by atoms with Gasteiger partial charge in [-0.25, -0.2) is 19.2 Å². The molecule has 136 valence electrons. The molecule has 0 aliphatic rings. The molecule has 1 aromatic heterocycles. The molecule has 0 spiro atoms. The van der Waals surface area contributed by atoms with Gasteiger partial charge in [0.25, 0.3) is 5.91 Å². The van der Waals surface area contributed by atoms with E-state index in [0.717, 1.165) is 0 Å². The number of methoxy groups -OCH3 is 1. The van der Waals surface area contributed by atoms with E-state index in [1.165, 1.54) is 31.6 Å². The Kier molecular flexibility index (Phi) is 5.36. The molecule has 3 aromatic rings. The number of hydrogen-bond donors (Lipinski definition) is 2. The number of hydrogen-bond acceptors (Lipinski definition) is 6. The zero-order chi connectivity index (χ0) is 19.2. The Labute approximate surface area is 154 Å². The fourth-order valence-corrected chi connectivity index (χ4v) is 2.28. The highest BCUT2D eigenvalue weighted by molar-refractivity contribution is 6.07. The van der Waals surface area contributed by atoms with Crippen LogP contribution in [0.1, 0.15) is 20.7 Å². The van der Waals surface area contributed by atoms with Crippen LogP contribution in [-0.2, 0) is 4.74 Å². The van der Waals surface area contributed by atoms with Gasteiger partial charge in [0, 0.05) is 18.1 Å². The number of esters is 1. The summed E-state index contributed by atoms with van der Waals surface area (Å²) >= 11 is 0. The van der Waals surface area contributed by atoms with Gasteiger partial charge in [-0.2, -0.15) is 0 Å². The quantitative estimate of drug-likeness (QED) is 0.672. The fourth-order valence-electron chi connectivity index (χ4n) is 2.28. The van der Waals surface area contributed by atoms with Crippen molar-refractivity contribution in [3.8, 4) is 0 Å². The molecule has 0 atom stereocenters. The largest absolute Gasteiger partial charge is 0.465 e. The standard InChI is InChI=1S/C19H15FN4O3/c1-27-18(26)15-7-2-3-8-16(15)24-17(25)12-10-21-19(22-11-12)23-14-6-4-5-13(20)9-14/h2-11H,1H3,(H,24,25)(H,21,22,23). The van der Waals surface area contributed by atoms with Crippen LogP contribution in [0.15, 0.2) is 60.9 Å². The Morgan fingerprint density at radius 2 is 1.78 bits per heavy atom. The normalized spacial score (nSPS) is 10.1. The maximum atomic E-state index is 13.2. The van der Waals surface area contributed by atoms with Crippen LogP contribution >= 0.6 is 0 Å². The van der Waals surface area contributed by atoms with Gasteiger partial charge in [0.2, 0.25) is 5.95 Å². The van der Waals surface area contributed by atoms with Crippen molar-refractivity contribution < 1.29 is 18.7 Å². The molecular formula is C19H15FN4O3. The van der Waals surface area contributed by atoms with Gasteiger partial charge < -0.3 is 15.4 Å². The lowest BCUT2D eigenvalue weighted by atomic mass is 10.1. The van der Waals surface area contributed by atoms with Crippen molar-refractivity contribution in [2.24, 2.45) is 0 Å². The number of anilines is 3. The maximum Gasteiger partial charge on any atom is 0.339 e. The second kappa shape index (κ2) is 8.05. The number of amides is 1. The predicted octanol–water partition coefficient (Wildman–Crippen LogP) is 3.40. The predicted molar refractivity (Wildman–Crippen MR) is 97.4 cm³/mol. The second-order valence-electron chi connectivity index (χ2n) is 5.42. The third kappa shape index (κ3) is 4.43. The van der Waals surface area contributed by atoms with E-state index in [0.29, 0.717) is 11.4 Å². The van der Waals surface area contributed by atoms with Crippen LogP contribution in [0.25, 0.3) is 0 Å². The number of para-hydroxylation sites is 1. The molecule has 8 heteroatoms. The van der Waals surface area contributed by atoms with Crippen LogP contribution in [-0.4, -0.2) is 29.0 Å². The smallest absolute Gasteiger partial charge is 0.339 e. The molecule has 1 heterocycles. The highest BCUT2D eigenvalue weighted by Gasteiger charge is 2.14. The van der Waals surface area contributed by atoms with Crippen molar-refractivity contribution in [1.29, 1.82) is 0 Å². The number of ether oxygens (including phenoxy) is 1. The first-order valence-electron chi connectivity index (χ1n) is 7.90. The Hall–Kier alpha value is -3.81. The number of rotatable bonds is 5. The van der Waals surface area contributed by atoms with Crippen molar-refractivity contribution >= 4 is 29.2 Å². The minimum absolute atomic E-state index is 0.194. The molecule has 0 saturated carbocycles. The van der Waals surface area contributed by atoms with Crippen LogP contribution in [0.4, 0.5) is 21.7 Å². The van der Waals surface area contributed by atoms with E-state index >= 15 is 0 Å². The van der Waals surface area contributed by atoms with E-state index in [1.807, 2.05) is 0 Å². The summed E-state index contributed by atoms with van der Waals surface area (Å²) in [7, 11) is 1.26. The summed E-state index contributed by atoms with van der Waals surface area (Å²) in [6.45, 7) is 0. The van der Waals surface area contributed by atoms with Gasteiger partial charge in [-0.1, -0.05) is 18.2 Å². The Morgan fingerprint density at radius 1 is 1.04 bits per heavy atom. The van der Waals surface area contributed by atoms with Gasteiger partial charge in [0.1, 0.15) is 5.82 Å². The van der Waals surface area contributed by atoms with Crippen LogP contribution in [0.3, 0.4) is 0 Å². The van der Waals surface area contributed by atoms with Crippen LogP contribution < -0.4 is 10.6 Å². The van der Waals surface area contributed by atoms with E-state index in [1.54, 1.807) is 36.4 Å². The lowest BCUT2D eigenvalue weighted by molar-refractivity contribution is 0.0602. The summed E-state index contributed by atoms with van der Waals surface area (Å²) in [5, 5.41) is 5.47. The lowest BCUT2D eigenvalue weighted by Gasteiger charge is -2.10. The number of nitrogens with zero attached hydrogens (tertiary/aromatic N) is 2. The highest BCUT2D eigenvalue weighted by Crippen LogP contribution is 2.18. The Balaban J connectivity index is 1.72. The van der Waals surface area contributed by atoms with Gasteiger partial charge >= 0.3 is 5.97 Å². The monoisotopic (exact) mass is 366 g/mol. The van der Waals surface area contributed by atoms with Gasteiger partial charge in [-0.15, -0.1) is 0 Å². The van der Waals surface area contributed by atoms with Crippen molar-refractivity contribution in [3.63, 3.8) is 0 Å². The van der Waals surface area contributed by atoms with Crippen LogP contribution in [0, 0.1) is 5.82 Å². The number of halogens is 1. The highest BCUT2D eigenvalue weighted by atomic mass is 19.1. The van der Waals surface area contributed by atoms with E-state index in [-0.39, 0.29) is 22.9 Å². The summed E-state index contributed by atoms with van der Waals surface area (Å²) in [5.41, 5.74) is 1.23. The van der Waals surface area contributed by atoms with Crippen LogP contribution in [0.2, 0.25) is 0 Å². The Bertz CT molecular complexity index is 977. The van der Waals surface area contributed by atoms with E-state index in [2.05, 4.69) is 20.6 Å². The lowest BCUT2D eigenvalue weighted by Crippen LogP contribution is -2.16. The number of benzene rings is 2. The first kappa shape index (κ1) is 18.0. The molecule has 7 nitrogen and oxygen atoms in total. The number of aromatic nitrogens is 2. The molecule has 2 aromatic carbocycles. The molecule has 0 aliphatic carbocycles. The van der Waals surface area contributed by atoms with Gasteiger partial charge in [-0.3, -0.25) is 4.79 Å². The molecule has 2 N–H and O–H groups in total. The number of nitrogens with one attached hydrogen (secondary N) is 2. The second-order valence-corrected chi connectivity index (χ2v) is 5.42. The molecule has 0 aliphatic heterocycles. The molecule has 0 bridgehead atoms. The topological polar surface area (TPSA) is 93.2 Å². The zero-order valence-electron chi connectivity index (χ0n) is 14.3. The summed E-state index contributed by atoms with van der Waals surface area (Å²) in [5.74, 6) is -1.21. The van der Waals surface area contributed by atoms with E-state index in [9.17, 15) is 14.0 Å². The summed E-state index contributed by atoms with van der Waals surface area (Å²) in [6.07, 6.45) is 2.65. The van der Waals surface area contributed by atoms with E-state index < -0.39 is 11.9 Å². The molecular weight excluding hydrogens is 351 g/mol. The third-order valence-electron chi connectivity index (χ3n) is 3.58. The van der Waals surface area contributed by atoms with Crippen LogP contribution in [0.5, 0.6) is 0 Å². The van der Waals surface area contributed by atoms with Crippen molar-refractivity contribution in [2.45, 2.75) is 0 Å². The molecule has 3 rings (SSSR count). The zero-order valence-corrected chi connectivity index (χ0v) is 14.3. The van der Waals surface area contributed by atoms with Gasteiger partial charge in [0.05, 0.1) is 23.9 Å². The van der Waals surface area contributed by atoms with Crippen molar-refractivity contribution in [1.82, 2.24) is 9.97 Å². The first-order chi connectivity index (χ1) is 13.1. The minimum atomic E-state index is -0.559. The third-order valence-corrected chi connectivity index (χ3v) is 3.58. The Morgan fingerprint density at radius 3 is 2.48 bits per heavy atom. The molecule has 0 radical (unpaired) electrons. The number of carbonyl (C=O) groups is 2. The molecule has 1 amide bonds. The van der Waals surface area contributed by atoms with E-state index in [4.69, 9.17) is 4.74 Å². The average Bonchev–Trinajstić information content (AvgIpc) is 2.68. The van der Waals surface area contributed by atoms with Crippen molar-refractivity contribution in [2.75, 3.05) is 17.7 Å². The SMILES string of the molecule is COC(=O)c1ccccc1NC(=O)c1cnc(Nc2cccc(F)c2)nc1. The summed E-state index contributed by atoms with van der Waals surface area (Å²) < 4.78 is 17.9. The van der Waals surface area contributed by atoms with Gasteiger partial charge in [0.15, 0.2) is 0 Å². The maximum absolute atomic E-state index is 13.2. The van der Waals surface area contributed by atoms with Crippen molar-refractivity contribution in [3.05, 3.63) is 77.9 Å². The molecule has 0 unspecified atom stereocenters.